The molecular weight excluding hydrogens is 192 g/mol. The van der Waals surface area contributed by atoms with Crippen LogP contribution in [-0.2, 0) is 9.53 Å². The number of nitrogens with two attached hydrogens (primary N) is 1. The summed E-state index contributed by atoms with van der Waals surface area (Å²) in [4.78, 5) is 14.0. The maximum atomic E-state index is 12.2. The number of likely N-dealkylation sites (tertiary alicyclic amines) is 1. The molecule has 4 nitrogen and oxygen atoms in total. The second-order valence-corrected chi connectivity index (χ2v) is 4.44. The smallest absolute Gasteiger partial charge is 0.254 e. The highest BCUT2D eigenvalue weighted by Crippen LogP contribution is 2.20. The summed E-state index contributed by atoms with van der Waals surface area (Å²) in [5.74, 6) is 0.0719. The first-order valence-corrected chi connectivity index (χ1v) is 5.63. The van der Waals surface area contributed by atoms with E-state index in [9.17, 15) is 4.79 Å². The van der Waals surface area contributed by atoms with Gasteiger partial charge in [0, 0.05) is 26.2 Å². The fourth-order valence-electron chi connectivity index (χ4n) is 1.91. The lowest BCUT2D eigenvalue weighted by atomic mass is 9.98. The Hall–Kier alpha value is -0.610. The number of hydrogen-bond acceptors (Lipinski definition) is 3. The monoisotopic (exact) mass is 214 g/mol. The van der Waals surface area contributed by atoms with Gasteiger partial charge in [-0.3, -0.25) is 4.79 Å². The van der Waals surface area contributed by atoms with Gasteiger partial charge in [0.1, 0.15) is 5.60 Å². The van der Waals surface area contributed by atoms with E-state index >= 15 is 0 Å². The molecular formula is C11H22N2O2. The number of carbonyl (C=O) groups is 1. The van der Waals surface area contributed by atoms with Crippen molar-refractivity contribution in [2.45, 2.75) is 44.8 Å². The van der Waals surface area contributed by atoms with E-state index in [2.05, 4.69) is 0 Å². The summed E-state index contributed by atoms with van der Waals surface area (Å²) in [7, 11) is 1.59. The van der Waals surface area contributed by atoms with Crippen molar-refractivity contribution >= 4 is 5.91 Å². The molecule has 88 valence electrons. The van der Waals surface area contributed by atoms with Gasteiger partial charge in [-0.25, -0.2) is 0 Å². The van der Waals surface area contributed by atoms with Gasteiger partial charge in [0.05, 0.1) is 0 Å². The number of methoxy groups -OCH3 is 1. The maximum Gasteiger partial charge on any atom is 0.254 e. The summed E-state index contributed by atoms with van der Waals surface area (Å²) < 4.78 is 5.31. The van der Waals surface area contributed by atoms with Crippen molar-refractivity contribution in [3.05, 3.63) is 0 Å². The molecule has 0 saturated carbocycles. The Labute approximate surface area is 91.8 Å². The van der Waals surface area contributed by atoms with Gasteiger partial charge in [-0.05, 0) is 26.2 Å². The number of nitrogens with zero attached hydrogens (tertiary/aromatic N) is 1. The molecule has 15 heavy (non-hydrogen) atoms. The van der Waals surface area contributed by atoms with Gasteiger partial charge in [0.15, 0.2) is 0 Å². The van der Waals surface area contributed by atoms with Crippen LogP contribution in [0.15, 0.2) is 0 Å². The molecule has 1 aliphatic rings. The molecule has 2 N–H and O–H groups in total. The van der Waals surface area contributed by atoms with Gasteiger partial charge in [0.25, 0.3) is 5.91 Å². The third-order valence-corrected chi connectivity index (χ3v) is 3.32. The van der Waals surface area contributed by atoms with E-state index in [0.717, 1.165) is 19.4 Å². The van der Waals surface area contributed by atoms with Crippen molar-refractivity contribution in [1.29, 1.82) is 0 Å². The predicted octanol–water partition coefficient (Wildman–Crippen LogP) is 0.751. The molecule has 1 amide bonds. The minimum absolute atomic E-state index is 0.0719. The van der Waals surface area contributed by atoms with Crippen LogP contribution in [0, 0.1) is 0 Å². The Bertz CT molecular complexity index is 227. The van der Waals surface area contributed by atoms with Gasteiger partial charge in [0.2, 0.25) is 0 Å². The molecule has 0 aromatic heterocycles. The number of rotatable bonds is 3. The van der Waals surface area contributed by atoms with E-state index < -0.39 is 5.60 Å². The van der Waals surface area contributed by atoms with Crippen LogP contribution in [0.5, 0.6) is 0 Å². The number of amides is 1. The zero-order valence-corrected chi connectivity index (χ0v) is 9.95. The molecule has 1 fully saturated rings. The van der Waals surface area contributed by atoms with Crippen molar-refractivity contribution in [3.8, 4) is 0 Å². The molecule has 1 aliphatic heterocycles. The highest BCUT2D eigenvalue weighted by atomic mass is 16.5. The van der Waals surface area contributed by atoms with Gasteiger partial charge < -0.3 is 15.4 Å². The van der Waals surface area contributed by atoms with Gasteiger partial charge in [-0.1, -0.05) is 6.92 Å². The topological polar surface area (TPSA) is 55.6 Å². The molecule has 1 rings (SSSR count). The van der Waals surface area contributed by atoms with Gasteiger partial charge in [-0.2, -0.15) is 0 Å². The van der Waals surface area contributed by atoms with Gasteiger partial charge in [-0.15, -0.1) is 0 Å². The quantitative estimate of drug-likeness (QED) is 0.754. The van der Waals surface area contributed by atoms with E-state index in [1.54, 1.807) is 7.11 Å². The van der Waals surface area contributed by atoms with E-state index in [1.807, 2.05) is 18.7 Å². The first kappa shape index (κ1) is 12.5. The van der Waals surface area contributed by atoms with Crippen molar-refractivity contribution in [2.75, 3.05) is 20.2 Å². The van der Waals surface area contributed by atoms with Crippen LogP contribution in [0.25, 0.3) is 0 Å². The van der Waals surface area contributed by atoms with E-state index in [4.69, 9.17) is 10.5 Å². The first-order chi connectivity index (χ1) is 7.03. The Morgan fingerprint density at radius 2 is 2.33 bits per heavy atom. The summed E-state index contributed by atoms with van der Waals surface area (Å²) >= 11 is 0. The third kappa shape index (κ3) is 2.69. The molecule has 2 unspecified atom stereocenters. The number of hydrogen-bond donors (Lipinski definition) is 1. The summed E-state index contributed by atoms with van der Waals surface area (Å²) in [6.45, 7) is 5.28. The Morgan fingerprint density at radius 3 is 2.80 bits per heavy atom. The molecule has 1 saturated heterocycles. The van der Waals surface area contributed by atoms with Crippen LogP contribution >= 0.6 is 0 Å². The van der Waals surface area contributed by atoms with E-state index in [1.165, 1.54) is 0 Å². The van der Waals surface area contributed by atoms with Crippen molar-refractivity contribution in [2.24, 2.45) is 5.73 Å². The zero-order valence-electron chi connectivity index (χ0n) is 9.95. The first-order valence-electron chi connectivity index (χ1n) is 5.63. The maximum absolute atomic E-state index is 12.2. The highest BCUT2D eigenvalue weighted by Gasteiger charge is 2.36. The van der Waals surface area contributed by atoms with Crippen molar-refractivity contribution in [1.82, 2.24) is 4.90 Å². The molecule has 0 bridgehead atoms. The molecule has 0 aromatic rings. The average Bonchev–Trinajstić information content (AvgIpc) is 2.27. The lowest BCUT2D eigenvalue weighted by Crippen LogP contribution is -2.53. The van der Waals surface area contributed by atoms with Gasteiger partial charge >= 0.3 is 0 Å². The normalized spacial score (nSPS) is 26.1. The summed E-state index contributed by atoms with van der Waals surface area (Å²) in [5.41, 5.74) is 5.17. The van der Waals surface area contributed by atoms with Crippen LogP contribution in [0.3, 0.4) is 0 Å². The molecule has 4 heteroatoms. The summed E-state index contributed by atoms with van der Waals surface area (Å²) in [6, 6.07) is 0.126. The lowest BCUT2D eigenvalue weighted by molar-refractivity contribution is -0.154. The van der Waals surface area contributed by atoms with E-state index in [-0.39, 0.29) is 11.9 Å². The fourth-order valence-corrected chi connectivity index (χ4v) is 1.91. The van der Waals surface area contributed by atoms with Crippen molar-refractivity contribution < 1.29 is 9.53 Å². The van der Waals surface area contributed by atoms with Crippen LogP contribution in [0.2, 0.25) is 0 Å². The number of carbonyl (C=O) groups excluding carboxylic acids is 1. The molecule has 0 radical (unpaired) electrons. The Balaban J connectivity index is 2.66. The lowest BCUT2D eigenvalue weighted by Gasteiger charge is -2.37. The fraction of sp³-hybridized carbons (Fsp3) is 0.909. The molecule has 0 aromatic carbocycles. The van der Waals surface area contributed by atoms with Crippen LogP contribution in [-0.4, -0.2) is 42.6 Å². The number of piperidine rings is 1. The second kappa shape index (κ2) is 4.94. The van der Waals surface area contributed by atoms with E-state index in [0.29, 0.717) is 13.0 Å². The summed E-state index contributed by atoms with van der Waals surface area (Å²) in [5, 5.41) is 0. The average molecular weight is 214 g/mol. The third-order valence-electron chi connectivity index (χ3n) is 3.32. The molecule has 0 spiro atoms. The zero-order chi connectivity index (χ0) is 11.5. The van der Waals surface area contributed by atoms with Crippen LogP contribution in [0.1, 0.15) is 33.1 Å². The minimum atomic E-state index is -0.683. The van der Waals surface area contributed by atoms with Crippen molar-refractivity contribution in [3.63, 3.8) is 0 Å². The largest absolute Gasteiger partial charge is 0.369 e. The molecule has 1 heterocycles. The SMILES string of the molecule is CCC(C)(OC)C(=O)N1CCCC(N)C1. The summed E-state index contributed by atoms with van der Waals surface area (Å²) in [6.07, 6.45) is 2.70. The minimum Gasteiger partial charge on any atom is -0.369 e. The molecule has 0 aliphatic carbocycles. The highest BCUT2D eigenvalue weighted by molar-refractivity contribution is 5.85. The second-order valence-electron chi connectivity index (χ2n) is 4.44. The Kier molecular flexibility index (Phi) is 4.11. The van der Waals surface area contributed by atoms with Crippen LogP contribution < -0.4 is 5.73 Å². The Morgan fingerprint density at radius 1 is 1.67 bits per heavy atom. The number of ether oxygens (including phenoxy) is 1. The van der Waals surface area contributed by atoms with Crippen LogP contribution in [0.4, 0.5) is 0 Å². The molecule has 2 atom stereocenters. The predicted molar refractivity (Wildman–Crippen MR) is 59.5 cm³/mol. The standard InChI is InChI=1S/C11H22N2O2/c1-4-11(2,15-3)10(14)13-7-5-6-9(12)8-13/h9H,4-8,12H2,1-3H3.